The number of benzene rings is 2. The standard InChI is InChI=1S/C22H25N3O2/c1-16(2)14-20(22(27)24-13-12-23)25-21(26)19-10-8-18(9-11-19)15-17-6-4-3-5-7-17/h3-11,16,20H,13-15H2,1-2H3,(H,24,27)(H,25,26)/t20-/m0/s1. The van der Waals surface area contributed by atoms with Gasteiger partial charge in [0, 0.05) is 5.56 Å². The average Bonchev–Trinajstić information content (AvgIpc) is 2.66. The normalized spacial score (nSPS) is 11.5. The van der Waals surface area contributed by atoms with Crippen LogP contribution in [0.3, 0.4) is 0 Å². The van der Waals surface area contributed by atoms with E-state index in [0.717, 1.165) is 12.0 Å². The molecule has 2 aromatic carbocycles. The van der Waals surface area contributed by atoms with Gasteiger partial charge in [-0.3, -0.25) is 9.59 Å². The molecule has 2 N–H and O–H groups in total. The molecular formula is C22H25N3O2. The number of nitrogens with one attached hydrogen (secondary N) is 2. The lowest BCUT2D eigenvalue weighted by atomic mass is 10.0. The summed E-state index contributed by atoms with van der Waals surface area (Å²) in [6.07, 6.45) is 1.31. The molecule has 0 aromatic heterocycles. The molecule has 0 fully saturated rings. The number of rotatable bonds is 8. The third kappa shape index (κ3) is 6.59. The van der Waals surface area contributed by atoms with Crippen molar-refractivity contribution in [3.63, 3.8) is 0 Å². The van der Waals surface area contributed by atoms with Gasteiger partial charge >= 0.3 is 0 Å². The monoisotopic (exact) mass is 363 g/mol. The molecule has 0 spiro atoms. The van der Waals surface area contributed by atoms with Crippen molar-refractivity contribution >= 4 is 11.8 Å². The van der Waals surface area contributed by atoms with Crippen molar-refractivity contribution in [1.29, 1.82) is 5.26 Å². The van der Waals surface area contributed by atoms with Crippen LogP contribution >= 0.6 is 0 Å². The predicted octanol–water partition coefficient (Wildman–Crippen LogP) is 3.06. The van der Waals surface area contributed by atoms with E-state index in [-0.39, 0.29) is 24.3 Å². The molecule has 0 aliphatic rings. The zero-order valence-corrected chi connectivity index (χ0v) is 15.7. The number of hydrogen-bond donors (Lipinski definition) is 2. The van der Waals surface area contributed by atoms with Crippen molar-refractivity contribution in [2.75, 3.05) is 6.54 Å². The van der Waals surface area contributed by atoms with Gasteiger partial charge in [-0.25, -0.2) is 0 Å². The maximum atomic E-state index is 12.5. The number of hydrogen-bond acceptors (Lipinski definition) is 3. The Morgan fingerprint density at radius 2 is 1.63 bits per heavy atom. The molecule has 0 saturated carbocycles. The Balaban J connectivity index is 2.02. The van der Waals surface area contributed by atoms with Crippen LogP contribution in [0.4, 0.5) is 0 Å². The van der Waals surface area contributed by atoms with Crippen molar-refractivity contribution in [2.45, 2.75) is 32.7 Å². The molecule has 140 valence electrons. The summed E-state index contributed by atoms with van der Waals surface area (Å²) in [6.45, 7) is 3.89. The summed E-state index contributed by atoms with van der Waals surface area (Å²) in [5.74, 6) is -0.394. The molecule has 0 heterocycles. The molecule has 0 bridgehead atoms. The van der Waals surface area contributed by atoms with E-state index in [1.165, 1.54) is 5.56 Å². The Labute approximate surface area is 160 Å². The first-order valence-electron chi connectivity index (χ1n) is 9.08. The van der Waals surface area contributed by atoms with E-state index in [1.807, 2.05) is 50.2 Å². The fourth-order valence-corrected chi connectivity index (χ4v) is 2.80. The largest absolute Gasteiger partial charge is 0.341 e. The SMILES string of the molecule is CC(C)C[C@H](NC(=O)c1ccc(Cc2ccccc2)cc1)C(=O)NCC#N. The van der Waals surface area contributed by atoms with E-state index < -0.39 is 6.04 Å². The minimum atomic E-state index is -0.658. The highest BCUT2D eigenvalue weighted by Crippen LogP contribution is 2.12. The van der Waals surface area contributed by atoms with Gasteiger partial charge in [0.25, 0.3) is 5.91 Å². The summed E-state index contributed by atoms with van der Waals surface area (Å²) in [6, 6.07) is 18.7. The molecular weight excluding hydrogens is 338 g/mol. The summed E-state index contributed by atoms with van der Waals surface area (Å²) < 4.78 is 0. The zero-order valence-electron chi connectivity index (χ0n) is 15.7. The van der Waals surface area contributed by atoms with Crippen LogP contribution in [0.1, 0.15) is 41.8 Å². The van der Waals surface area contributed by atoms with Crippen molar-refractivity contribution in [3.05, 3.63) is 71.3 Å². The second-order valence-corrected chi connectivity index (χ2v) is 6.89. The van der Waals surface area contributed by atoms with Gasteiger partial charge in [-0.2, -0.15) is 5.26 Å². The molecule has 0 saturated heterocycles. The second kappa shape index (κ2) is 10.1. The first-order chi connectivity index (χ1) is 13.0. The highest BCUT2D eigenvalue weighted by atomic mass is 16.2. The van der Waals surface area contributed by atoms with Crippen LogP contribution in [0.25, 0.3) is 0 Å². The number of nitrogens with zero attached hydrogens (tertiary/aromatic N) is 1. The van der Waals surface area contributed by atoms with Crippen LogP contribution in [0.5, 0.6) is 0 Å². The van der Waals surface area contributed by atoms with E-state index >= 15 is 0 Å². The van der Waals surface area contributed by atoms with Gasteiger partial charge in [0.2, 0.25) is 5.91 Å². The van der Waals surface area contributed by atoms with E-state index in [9.17, 15) is 9.59 Å². The Kier molecular flexibility index (Phi) is 7.57. The number of nitriles is 1. The van der Waals surface area contributed by atoms with Gasteiger partial charge in [0.15, 0.2) is 0 Å². The van der Waals surface area contributed by atoms with E-state index in [4.69, 9.17) is 5.26 Å². The third-order valence-electron chi connectivity index (χ3n) is 4.14. The second-order valence-electron chi connectivity index (χ2n) is 6.89. The minimum Gasteiger partial charge on any atom is -0.341 e. The smallest absolute Gasteiger partial charge is 0.251 e. The van der Waals surface area contributed by atoms with Gasteiger partial charge in [-0.05, 0) is 42.0 Å². The van der Waals surface area contributed by atoms with E-state index in [0.29, 0.717) is 12.0 Å². The topological polar surface area (TPSA) is 82.0 Å². The van der Waals surface area contributed by atoms with Gasteiger partial charge < -0.3 is 10.6 Å². The highest BCUT2D eigenvalue weighted by molar-refractivity contribution is 5.97. The molecule has 2 amide bonds. The number of carbonyl (C=O) groups excluding carboxylic acids is 2. The summed E-state index contributed by atoms with van der Waals surface area (Å²) in [7, 11) is 0. The molecule has 0 unspecified atom stereocenters. The third-order valence-corrected chi connectivity index (χ3v) is 4.14. The number of amides is 2. The lowest BCUT2D eigenvalue weighted by Crippen LogP contribution is -2.47. The maximum Gasteiger partial charge on any atom is 0.251 e. The molecule has 0 radical (unpaired) electrons. The van der Waals surface area contributed by atoms with Gasteiger partial charge in [-0.15, -0.1) is 0 Å². The molecule has 5 nitrogen and oxygen atoms in total. The highest BCUT2D eigenvalue weighted by Gasteiger charge is 2.22. The van der Waals surface area contributed by atoms with Crippen LogP contribution in [0.2, 0.25) is 0 Å². The molecule has 2 aromatic rings. The Morgan fingerprint density at radius 1 is 1.00 bits per heavy atom. The minimum absolute atomic E-state index is 0.0719. The Hall–Kier alpha value is -3.13. The molecule has 2 rings (SSSR count). The molecule has 1 atom stereocenters. The Morgan fingerprint density at radius 3 is 2.22 bits per heavy atom. The molecule has 0 aliphatic heterocycles. The van der Waals surface area contributed by atoms with Crippen LogP contribution in [0, 0.1) is 17.2 Å². The van der Waals surface area contributed by atoms with Crippen molar-refractivity contribution in [1.82, 2.24) is 10.6 Å². The van der Waals surface area contributed by atoms with Gasteiger partial charge in [0.1, 0.15) is 12.6 Å². The van der Waals surface area contributed by atoms with Crippen LogP contribution in [-0.2, 0) is 11.2 Å². The summed E-state index contributed by atoms with van der Waals surface area (Å²) >= 11 is 0. The van der Waals surface area contributed by atoms with Crippen molar-refractivity contribution < 1.29 is 9.59 Å². The molecule has 0 aliphatic carbocycles. The lowest BCUT2D eigenvalue weighted by molar-refractivity contribution is -0.123. The van der Waals surface area contributed by atoms with E-state index in [2.05, 4.69) is 22.8 Å². The van der Waals surface area contributed by atoms with Crippen LogP contribution in [-0.4, -0.2) is 24.4 Å². The Bertz CT molecular complexity index is 793. The summed E-state index contributed by atoms with van der Waals surface area (Å²) in [5, 5.41) is 13.9. The van der Waals surface area contributed by atoms with Crippen LogP contribution in [0.15, 0.2) is 54.6 Å². The maximum absolute atomic E-state index is 12.5. The molecule has 5 heteroatoms. The first-order valence-corrected chi connectivity index (χ1v) is 9.08. The summed E-state index contributed by atoms with van der Waals surface area (Å²) in [4.78, 5) is 24.7. The number of carbonyl (C=O) groups is 2. The fraction of sp³-hybridized carbons (Fsp3) is 0.318. The van der Waals surface area contributed by atoms with Crippen LogP contribution < -0.4 is 10.6 Å². The van der Waals surface area contributed by atoms with Crippen molar-refractivity contribution in [2.24, 2.45) is 5.92 Å². The molecule has 27 heavy (non-hydrogen) atoms. The lowest BCUT2D eigenvalue weighted by Gasteiger charge is -2.19. The first kappa shape index (κ1) is 20.2. The van der Waals surface area contributed by atoms with Gasteiger partial charge in [0.05, 0.1) is 6.07 Å². The fourth-order valence-electron chi connectivity index (χ4n) is 2.80. The van der Waals surface area contributed by atoms with Gasteiger partial charge in [-0.1, -0.05) is 56.3 Å². The predicted molar refractivity (Wildman–Crippen MR) is 105 cm³/mol. The zero-order chi connectivity index (χ0) is 19.6. The summed E-state index contributed by atoms with van der Waals surface area (Å²) in [5.41, 5.74) is 2.83. The quantitative estimate of drug-likeness (QED) is 0.707. The van der Waals surface area contributed by atoms with Crippen molar-refractivity contribution in [3.8, 4) is 6.07 Å². The average molecular weight is 363 g/mol. The van der Waals surface area contributed by atoms with E-state index in [1.54, 1.807) is 12.1 Å².